The van der Waals surface area contributed by atoms with Crippen LogP contribution < -0.4 is 15.0 Å². The molecule has 0 atom stereocenters. The van der Waals surface area contributed by atoms with E-state index in [2.05, 4.69) is 5.32 Å². The molecular formula is C25H23F3N2O4S. The van der Waals surface area contributed by atoms with Gasteiger partial charge in [0.2, 0.25) is 0 Å². The number of carbonyl (C=O) groups is 1. The molecule has 35 heavy (non-hydrogen) atoms. The van der Waals surface area contributed by atoms with Crippen LogP contribution in [-0.2, 0) is 22.6 Å². The summed E-state index contributed by atoms with van der Waals surface area (Å²) >= 11 is 0. The normalized spacial score (nSPS) is 13.7. The van der Waals surface area contributed by atoms with Gasteiger partial charge in [-0.3, -0.25) is 4.79 Å². The summed E-state index contributed by atoms with van der Waals surface area (Å²) < 4.78 is 68.2. The number of nitrogens with zero attached hydrogens (tertiary/aromatic N) is 1. The average molecular weight is 505 g/mol. The first-order chi connectivity index (χ1) is 16.6. The van der Waals surface area contributed by atoms with E-state index < -0.39 is 21.6 Å². The smallest absolute Gasteiger partial charge is 0.416 e. The second-order valence-corrected chi connectivity index (χ2v) is 10.2. The van der Waals surface area contributed by atoms with E-state index in [1.807, 2.05) is 4.90 Å². The van der Waals surface area contributed by atoms with Crippen LogP contribution in [0.3, 0.4) is 0 Å². The van der Waals surface area contributed by atoms with E-state index in [1.54, 1.807) is 37.3 Å². The number of carbonyl (C=O) groups excluding carboxylic acids is 1. The highest BCUT2D eigenvalue weighted by Gasteiger charge is 2.30. The summed E-state index contributed by atoms with van der Waals surface area (Å²) in [5, 5.41) is 2.79. The Balaban J connectivity index is 1.46. The fourth-order valence-electron chi connectivity index (χ4n) is 3.73. The monoisotopic (exact) mass is 504 g/mol. The highest BCUT2D eigenvalue weighted by molar-refractivity contribution is 7.91. The third-order valence-electron chi connectivity index (χ3n) is 5.71. The van der Waals surface area contributed by atoms with Gasteiger partial charge in [0.15, 0.2) is 9.84 Å². The van der Waals surface area contributed by atoms with E-state index in [-0.39, 0.29) is 23.1 Å². The number of alkyl halides is 3. The molecular weight excluding hydrogens is 481 g/mol. The van der Waals surface area contributed by atoms with Crippen molar-refractivity contribution in [1.82, 2.24) is 5.32 Å². The van der Waals surface area contributed by atoms with Gasteiger partial charge in [-0.15, -0.1) is 0 Å². The lowest BCUT2D eigenvalue weighted by Crippen LogP contribution is -2.29. The first-order valence-electron chi connectivity index (χ1n) is 10.9. The Bertz CT molecular complexity index is 1320. The molecule has 6 nitrogen and oxygen atoms in total. The van der Waals surface area contributed by atoms with Gasteiger partial charge in [-0.05, 0) is 60.2 Å². The Morgan fingerprint density at radius 3 is 2.34 bits per heavy atom. The summed E-state index contributed by atoms with van der Waals surface area (Å²) in [6.07, 6.45) is -4.40. The molecule has 3 aromatic carbocycles. The largest absolute Gasteiger partial charge is 0.490 e. The molecule has 1 amide bonds. The number of rotatable bonds is 6. The van der Waals surface area contributed by atoms with Crippen LogP contribution in [0.1, 0.15) is 28.4 Å². The molecule has 184 valence electrons. The van der Waals surface area contributed by atoms with E-state index in [0.717, 1.165) is 17.7 Å². The second-order valence-electron chi connectivity index (χ2n) is 7.96. The maximum atomic E-state index is 12.9. The van der Waals surface area contributed by atoms with E-state index >= 15 is 0 Å². The molecule has 0 unspecified atom stereocenters. The van der Waals surface area contributed by atoms with Gasteiger partial charge in [-0.1, -0.05) is 19.1 Å². The molecule has 0 aromatic heterocycles. The van der Waals surface area contributed by atoms with Gasteiger partial charge < -0.3 is 15.0 Å². The predicted octanol–water partition coefficient (Wildman–Crippen LogP) is 4.96. The zero-order valence-electron chi connectivity index (χ0n) is 18.8. The summed E-state index contributed by atoms with van der Waals surface area (Å²) in [4.78, 5) is 14.8. The maximum Gasteiger partial charge on any atom is 0.416 e. The van der Waals surface area contributed by atoms with Gasteiger partial charge in [-0.25, -0.2) is 8.42 Å². The predicted molar refractivity (Wildman–Crippen MR) is 126 cm³/mol. The van der Waals surface area contributed by atoms with Crippen molar-refractivity contribution in [2.24, 2.45) is 0 Å². The zero-order valence-corrected chi connectivity index (χ0v) is 19.6. The van der Waals surface area contributed by atoms with E-state index in [4.69, 9.17) is 4.74 Å². The maximum absolute atomic E-state index is 12.9. The van der Waals surface area contributed by atoms with Crippen LogP contribution in [-0.4, -0.2) is 33.2 Å². The zero-order chi connectivity index (χ0) is 25.2. The summed E-state index contributed by atoms with van der Waals surface area (Å²) in [5.74, 6) is 0.131. The molecule has 1 N–H and O–H groups in total. The molecule has 1 aliphatic rings. The number of amides is 1. The molecule has 10 heteroatoms. The van der Waals surface area contributed by atoms with Crippen LogP contribution >= 0.6 is 0 Å². The standard InChI is InChI=1S/C25H23F3N2O4S/c1-2-35(32,33)21-10-3-17(4-11-21)16-29-24(31)18-5-12-22-23(15-18)34-14-13-30(22)20-8-6-19(7-9-20)25(26,27)28/h3-12,15H,2,13-14,16H2,1H3,(H,29,31). The van der Waals surface area contributed by atoms with Gasteiger partial charge in [0.1, 0.15) is 12.4 Å². The molecule has 1 aliphatic heterocycles. The van der Waals surface area contributed by atoms with Gasteiger partial charge in [0.05, 0.1) is 28.4 Å². The molecule has 4 rings (SSSR count). The molecule has 0 fully saturated rings. The third-order valence-corrected chi connectivity index (χ3v) is 7.46. The number of sulfone groups is 1. The van der Waals surface area contributed by atoms with E-state index in [9.17, 15) is 26.4 Å². The Hall–Kier alpha value is -3.53. The summed E-state index contributed by atoms with van der Waals surface area (Å²) in [7, 11) is -3.29. The van der Waals surface area contributed by atoms with Crippen molar-refractivity contribution in [2.45, 2.75) is 24.5 Å². The number of anilines is 2. The van der Waals surface area contributed by atoms with Gasteiger partial charge in [-0.2, -0.15) is 13.2 Å². The molecule has 1 heterocycles. The molecule has 0 spiro atoms. The van der Waals surface area contributed by atoms with Crippen LogP contribution in [0, 0.1) is 0 Å². The van der Waals surface area contributed by atoms with Crippen LogP contribution in [0.15, 0.2) is 71.6 Å². The Morgan fingerprint density at radius 1 is 1.03 bits per heavy atom. The van der Waals surface area contributed by atoms with E-state index in [1.165, 1.54) is 24.3 Å². The third kappa shape index (κ3) is 5.43. The van der Waals surface area contributed by atoms with E-state index in [0.29, 0.717) is 35.8 Å². The van der Waals surface area contributed by atoms with Crippen molar-refractivity contribution in [3.63, 3.8) is 0 Å². The molecule has 3 aromatic rings. The lowest BCUT2D eigenvalue weighted by molar-refractivity contribution is -0.137. The van der Waals surface area contributed by atoms with Crippen molar-refractivity contribution in [3.05, 3.63) is 83.4 Å². The molecule has 0 saturated carbocycles. The number of fused-ring (bicyclic) bond motifs is 1. The SMILES string of the molecule is CCS(=O)(=O)c1ccc(CNC(=O)c2ccc3c(c2)OCCN3c2ccc(C(F)(F)F)cc2)cc1. The van der Waals surface area contributed by atoms with Gasteiger partial charge >= 0.3 is 6.18 Å². The topological polar surface area (TPSA) is 75.7 Å². The molecule has 0 saturated heterocycles. The number of benzene rings is 3. The van der Waals surface area contributed by atoms with Gasteiger partial charge in [0, 0.05) is 17.8 Å². The molecule has 0 radical (unpaired) electrons. The minimum absolute atomic E-state index is 0.0137. The minimum atomic E-state index is -4.40. The summed E-state index contributed by atoms with van der Waals surface area (Å²) in [6, 6.07) is 16.2. The molecule has 0 aliphatic carbocycles. The second kappa shape index (κ2) is 9.61. The minimum Gasteiger partial charge on any atom is -0.490 e. The fraction of sp³-hybridized carbons (Fsp3) is 0.240. The number of nitrogens with one attached hydrogen (secondary N) is 1. The van der Waals surface area contributed by atoms with Crippen molar-refractivity contribution in [2.75, 3.05) is 23.8 Å². The summed E-state index contributed by atoms with van der Waals surface area (Å²) in [6.45, 7) is 2.55. The number of halogens is 3. The Morgan fingerprint density at radius 2 is 1.71 bits per heavy atom. The average Bonchev–Trinajstić information content (AvgIpc) is 2.86. The number of hydrogen-bond acceptors (Lipinski definition) is 5. The molecule has 0 bridgehead atoms. The van der Waals surface area contributed by atoms with Crippen molar-refractivity contribution in [1.29, 1.82) is 0 Å². The van der Waals surface area contributed by atoms with Gasteiger partial charge in [0.25, 0.3) is 5.91 Å². The van der Waals surface area contributed by atoms with Crippen LogP contribution in [0.5, 0.6) is 5.75 Å². The van der Waals surface area contributed by atoms with Crippen molar-refractivity contribution in [3.8, 4) is 5.75 Å². The van der Waals surface area contributed by atoms with Crippen LogP contribution in [0.2, 0.25) is 0 Å². The lowest BCUT2D eigenvalue weighted by Gasteiger charge is -2.31. The number of hydrogen-bond donors (Lipinski definition) is 1. The first-order valence-corrected chi connectivity index (χ1v) is 12.6. The first kappa shape index (κ1) is 24.6. The lowest BCUT2D eigenvalue weighted by atomic mass is 10.1. The Kier molecular flexibility index (Phi) is 6.75. The van der Waals surface area contributed by atoms with Crippen LogP contribution in [0.25, 0.3) is 0 Å². The quantitative estimate of drug-likeness (QED) is 0.514. The number of ether oxygens (including phenoxy) is 1. The highest BCUT2D eigenvalue weighted by atomic mass is 32.2. The fourth-order valence-corrected chi connectivity index (χ4v) is 4.61. The highest BCUT2D eigenvalue weighted by Crippen LogP contribution is 2.38. The van der Waals surface area contributed by atoms with Crippen molar-refractivity contribution >= 4 is 27.1 Å². The van der Waals surface area contributed by atoms with Crippen molar-refractivity contribution < 1.29 is 31.1 Å². The van der Waals surface area contributed by atoms with Crippen LogP contribution in [0.4, 0.5) is 24.5 Å². The Labute approximate surface area is 201 Å². The summed E-state index contributed by atoms with van der Waals surface area (Å²) in [5.41, 5.74) is 1.64.